The van der Waals surface area contributed by atoms with Gasteiger partial charge in [-0.05, 0) is 35.8 Å². The molecule has 0 spiro atoms. The molecule has 1 N–H and O–H groups in total. The molecule has 3 nitrogen and oxygen atoms in total. The normalized spacial score (nSPS) is 19.1. The van der Waals surface area contributed by atoms with Crippen molar-refractivity contribution in [3.63, 3.8) is 0 Å². The molecule has 1 amide bonds. The molecular formula is C9H11BrN2OS. The Morgan fingerprint density at radius 2 is 2.21 bits per heavy atom. The largest absolute Gasteiger partial charge is 0.351 e. The molecule has 0 saturated carbocycles. The van der Waals surface area contributed by atoms with Gasteiger partial charge in [-0.25, -0.2) is 0 Å². The molecular weight excluding hydrogens is 264 g/mol. The van der Waals surface area contributed by atoms with Crippen LogP contribution in [0.4, 0.5) is 5.69 Å². The predicted octanol–water partition coefficient (Wildman–Crippen LogP) is 2.43. The molecule has 0 aromatic carbocycles. The lowest BCUT2D eigenvalue weighted by Crippen LogP contribution is -2.58. The van der Waals surface area contributed by atoms with Gasteiger partial charge in [0.25, 0.3) is 5.91 Å². The highest BCUT2D eigenvalue weighted by molar-refractivity contribution is 9.11. The molecule has 0 saturated heterocycles. The van der Waals surface area contributed by atoms with Crippen molar-refractivity contribution in [2.75, 3.05) is 11.9 Å². The molecule has 1 aliphatic rings. The Kier molecular flexibility index (Phi) is 2.12. The van der Waals surface area contributed by atoms with E-state index in [-0.39, 0.29) is 11.6 Å². The summed E-state index contributed by atoms with van der Waals surface area (Å²) in [5.74, 6) is 0.0128. The first-order chi connectivity index (χ1) is 6.42. The lowest BCUT2D eigenvalue weighted by atomic mass is 10.1. The van der Waals surface area contributed by atoms with Crippen molar-refractivity contribution in [1.82, 2.24) is 5.32 Å². The van der Waals surface area contributed by atoms with Gasteiger partial charge in [0.05, 0.1) is 9.47 Å². The highest BCUT2D eigenvalue weighted by Crippen LogP contribution is 2.38. The van der Waals surface area contributed by atoms with Crippen LogP contribution in [0.5, 0.6) is 0 Å². The summed E-state index contributed by atoms with van der Waals surface area (Å²) in [6, 6.07) is 1.99. The maximum absolute atomic E-state index is 11.7. The second-order valence-corrected chi connectivity index (χ2v) is 6.27. The first kappa shape index (κ1) is 9.98. The Bertz CT molecular complexity index is 400. The first-order valence-corrected chi connectivity index (χ1v) is 5.88. The minimum absolute atomic E-state index is 0.0128. The second kappa shape index (κ2) is 2.97. The van der Waals surface area contributed by atoms with Crippen LogP contribution < -0.4 is 10.2 Å². The molecule has 1 aromatic rings. The number of carbonyl (C=O) groups excluding carboxylic acids is 1. The summed E-state index contributed by atoms with van der Waals surface area (Å²) in [5.41, 5.74) is 0.681. The van der Waals surface area contributed by atoms with Crippen molar-refractivity contribution >= 4 is 38.9 Å². The zero-order valence-corrected chi connectivity index (χ0v) is 10.6. The van der Waals surface area contributed by atoms with Crippen LogP contribution in [0.2, 0.25) is 0 Å². The molecule has 2 rings (SSSR count). The van der Waals surface area contributed by atoms with Crippen LogP contribution in [-0.4, -0.2) is 18.6 Å². The molecule has 0 unspecified atom stereocenters. The number of carbonyl (C=O) groups is 1. The standard InChI is InChI=1S/C9H11BrN2OS/c1-9(2)11-8(13)7-5(12(9)3)4-6(10)14-7/h4H,1-3H3,(H,11,13). The third kappa shape index (κ3) is 1.35. The van der Waals surface area contributed by atoms with Crippen molar-refractivity contribution in [2.24, 2.45) is 0 Å². The molecule has 0 bridgehead atoms. The SMILES string of the molecule is CN1c2cc(Br)sc2C(=O)NC1(C)C. The summed E-state index contributed by atoms with van der Waals surface area (Å²) in [5, 5.41) is 2.95. The van der Waals surface area contributed by atoms with E-state index < -0.39 is 0 Å². The molecule has 0 atom stereocenters. The Labute approximate surface area is 95.2 Å². The lowest BCUT2D eigenvalue weighted by molar-refractivity contribution is 0.0906. The van der Waals surface area contributed by atoms with Crippen LogP contribution in [0.25, 0.3) is 0 Å². The van der Waals surface area contributed by atoms with Crippen LogP contribution in [0, 0.1) is 0 Å². The maximum atomic E-state index is 11.7. The van der Waals surface area contributed by atoms with E-state index in [9.17, 15) is 4.79 Å². The second-order valence-electron chi connectivity index (χ2n) is 3.84. The molecule has 1 aliphatic heterocycles. The number of nitrogens with zero attached hydrogens (tertiary/aromatic N) is 1. The Morgan fingerprint density at radius 3 is 2.86 bits per heavy atom. The van der Waals surface area contributed by atoms with Crippen molar-refractivity contribution in [2.45, 2.75) is 19.5 Å². The molecule has 0 aliphatic carbocycles. The summed E-state index contributed by atoms with van der Waals surface area (Å²) in [6.45, 7) is 3.97. The van der Waals surface area contributed by atoms with Gasteiger partial charge < -0.3 is 10.2 Å². The van der Waals surface area contributed by atoms with Gasteiger partial charge in [0.2, 0.25) is 0 Å². The van der Waals surface area contributed by atoms with Gasteiger partial charge in [-0.2, -0.15) is 0 Å². The Hall–Kier alpha value is -0.550. The minimum atomic E-state index is -0.315. The van der Waals surface area contributed by atoms with Crippen LogP contribution in [0.15, 0.2) is 9.85 Å². The van der Waals surface area contributed by atoms with E-state index in [0.29, 0.717) is 0 Å². The third-order valence-electron chi connectivity index (χ3n) is 2.51. The van der Waals surface area contributed by atoms with Crippen molar-refractivity contribution in [3.05, 3.63) is 14.7 Å². The first-order valence-electron chi connectivity index (χ1n) is 4.27. The average Bonchev–Trinajstić information content (AvgIpc) is 2.43. The number of amides is 1. The Balaban J connectivity index is 2.56. The molecule has 1 aromatic heterocycles. The number of hydrogen-bond acceptors (Lipinski definition) is 3. The number of anilines is 1. The fourth-order valence-corrected chi connectivity index (χ4v) is 3.00. The van der Waals surface area contributed by atoms with Crippen LogP contribution >= 0.6 is 27.3 Å². The van der Waals surface area contributed by atoms with Gasteiger partial charge in [0.15, 0.2) is 0 Å². The molecule has 2 heterocycles. The zero-order valence-electron chi connectivity index (χ0n) is 8.22. The third-order valence-corrected chi connectivity index (χ3v) is 4.13. The number of nitrogens with one attached hydrogen (secondary N) is 1. The highest BCUT2D eigenvalue weighted by Gasteiger charge is 2.35. The van der Waals surface area contributed by atoms with Gasteiger partial charge in [-0.1, -0.05) is 0 Å². The predicted molar refractivity (Wildman–Crippen MR) is 62.0 cm³/mol. The summed E-state index contributed by atoms with van der Waals surface area (Å²) >= 11 is 4.86. The number of thiophene rings is 1. The van der Waals surface area contributed by atoms with Crippen LogP contribution in [0.3, 0.4) is 0 Å². The van der Waals surface area contributed by atoms with Crippen LogP contribution in [-0.2, 0) is 0 Å². The van der Waals surface area contributed by atoms with Crippen LogP contribution in [0.1, 0.15) is 23.5 Å². The summed E-state index contributed by atoms with van der Waals surface area (Å²) in [7, 11) is 1.98. The molecule has 76 valence electrons. The van der Waals surface area contributed by atoms with Gasteiger partial charge in [0, 0.05) is 7.05 Å². The van der Waals surface area contributed by atoms with E-state index in [1.54, 1.807) is 0 Å². The lowest BCUT2D eigenvalue weighted by Gasteiger charge is -2.41. The van der Waals surface area contributed by atoms with E-state index in [4.69, 9.17) is 0 Å². The van der Waals surface area contributed by atoms with Gasteiger partial charge >= 0.3 is 0 Å². The minimum Gasteiger partial charge on any atom is -0.351 e. The van der Waals surface area contributed by atoms with E-state index in [0.717, 1.165) is 14.4 Å². The monoisotopic (exact) mass is 274 g/mol. The van der Waals surface area contributed by atoms with Crippen molar-refractivity contribution in [1.29, 1.82) is 0 Å². The number of fused-ring (bicyclic) bond motifs is 1. The van der Waals surface area contributed by atoms with E-state index in [1.165, 1.54) is 11.3 Å². The summed E-state index contributed by atoms with van der Waals surface area (Å²) in [4.78, 5) is 14.6. The van der Waals surface area contributed by atoms with Crippen molar-refractivity contribution in [3.8, 4) is 0 Å². The van der Waals surface area contributed by atoms with E-state index in [2.05, 4.69) is 26.1 Å². The molecule has 0 fully saturated rings. The van der Waals surface area contributed by atoms with Gasteiger partial charge in [-0.3, -0.25) is 4.79 Å². The van der Waals surface area contributed by atoms with E-state index in [1.807, 2.05) is 27.0 Å². The zero-order chi connectivity index (χ0) is 10.5. The fourth-order valence-electron chi connectivity index (χ4n) is 1.48. The topological polar surface area (TPSA) is 32.3 Å². The average molecular weight is 275 g/mol. The fraction of sp³-hybridized carbons (Fsp3) is 0.444. The summed E-state index contributed by atoms with van der Waals surface area (Å²) in [6.07, 6.45) is 0. The number of hydrogen-bond donors (Lipinski definition) is 1. The molecule has 0 radical (unpaired) electrons. The number of rotatable bonds is 0. The smallest absolute Gasteiger partial charge is 0.265 e. The highest BCUT2D eigenvalue weighted by atomic mass is 79.9. The Morgan fingerprint density at radius 1 is 1.57 bits per heavy atom. The maximum Gasteiger partial charge on any atom is 0.265 e. The number of halogens is 1. The summed E-state index contributed by atoms with van der Waals surface area (Å²) < 4.78 is 0.988. The van der Waals surface area contributed by atoms with Gasteiger partial charge in [-0.15, -0.1) is 11.3 Å². The van der Waals surface area contributed by atoms with Gasteiger partial charge in [0.1, 0.15) is 10.5 Å². The quantitative estimate of drug-likeness (QED) is 0.788. The van der Waals surface area contributed by atoms with E-state index >= 15 is 0 Å². The molecule has 14 heavy (non-hydrogen) atoms. The van der Waals surface area contributed by atoms with Crippen molar-refractivity contribution < 1.29 is 4.79 Å². The molecule has 5 heteroatoms.